The van der Waals surface area contributed by atoms with Gasteiger partial charge >= 0.3 is 0 Å². The van der Waals surface area contributed by atoms with Gasteiger partial charge in [0.15, 0.2) is 0 Å². The molecule has 36 heavy (non-hydrogen) atoms. The summed E-state index contributed by atoms with van der Waals surface area (Å²) < 4.78 is 53.6. The van der Waals surface area contributed by atoms with Crippen LogP contribution >= 0.6 is 0 Å². The monoisotopic (exact) mass is 519 g/mol. The van der Waals surface area contributed by atoms with E-state index >= 15 is 0 Å². The fourth-order valence-electron chi connectivity index (χ4n) is 5.20. The molecule has 0 bridgehead atoms. The average molecular weight is 520 g/mol. The van der Waals surface area contributed by atoms with Crippen molar-refractivity contribution in [1.82, 2.24) is 4.98 Å². The minimum atomic E-state index is -2.96. The second-order valence-corrected chi connectivity index (χ2v) is 12.5. The maximum absolute atomic E-state index is 14.1. The molecular weight excluding hydrogens is 488 g/mol. The number of anilines is 3. The van der Waals surface area contributed by atoms with Crippen molar-refractivity contribution < 1.29 is 22.5 Å². The summed E-state index contributed by atoms with van der Waals surface area (Å²) in [4.78, 5) is 22.6. The molecule has 3 saturated heterocycles. The molecule has 0 aliphatic carbocycles. The van der Waals surface area contributed by atoms with Crippen molar-refractivity contribution in [3.05, 3.63) is 41.6 Å². The van der Waals surface area contributed by atoms with Crippen molar-refractivity contribution in [3.63, 3.8) is 0 Å². The number of ether oxygens (including phenoxy) is 1. The van der Waals surface area contributed by atoms with Crippen LogP contribution in [0, 0.1) is 17.1 Å². The average Bonchev–Trinajstić information content (AvgIpc) is 2.92. The van der Waals surface area contributed by atoms with E-state index < -0.39 is 21.6 Å². The highest BCUT2D eigenvalue weighted by atomic mass is 32.2. The molecule has 3 aliphatic heterocycles. The lowest BCUT2D eigenvalue weighted by Crippen LogP contribution is -2.66. The van der Waals surface area contributed by atoms with E-state index in [9.17, 15) is 17.8 Å². The number of halogens is 2. The van der Waals surface area contributed by atoms with Crippen LogP contribution in [0.5, 0.6) is 0 Å². The normalized spacial score (nSPS) is 22.2. The second kappa shape index (κ2) is 8.95. The summed E-state index contributed by atoms with van der Waals surface area (Å²) in [6.45, 7) is 5.47. The van der Waals surface area contributed by atoms with Gasteiger partial charge in [0.05, 0.1) is 45.8 Å². The minimum absolute atomic E-state index is 0.107. The Morgan fingerprint density at radius 1 is 1.19 bits per heavy atom. The quantitative estimate of drug-likeness (QED) is 0.616. The zero-order valence-corrected chi connectivity index (χ0v) is 21.3. The number of carbonyl (C=O) groups is 1. The van der Waals surface area contributed by atoms with Crippen LogP contribution < -0.4 is 15.1 Å². The van der Waals surface area contributed by atoms with Crippen LogP contribution in [0.25, 0.3) is 0 Å². The number of rotatable bonds is 5. The molecular formula is C25H31F2N5O3S. The van der Waals surface area contributed by atoms with E-state index in [2.05, 4.69) is 15.2 Å². The third-order valence-corrected chi connectivity index (χ3v) is 8.44. The highest BCUT2D eigenvalue weighted by Crippen LogP contribution is 2.42. The molecule has 0 unspecified atom stereocenters. The maximum Gasteiger partial charge on any atom is 0.259 e. The predicted octanol–water partition coefficient (Wildman–Crippen LogP) is 4.14. The van der Waals surface area contributed by atoms with Gasteiger partial charge in [-0.15, -0.1) is 0 Å². The molecule has 3 aliphatic rings. The Morgan fingerprint density at radius 3 is 2.61 bits per heavy atom. The van der Waals surface area contributed by atoms with Crippen LogP contribution in [-0.2, 0) is 14.5 Å². The number of hydrogen-bond donors (Lipinski definition) is 2. The van der Waals surface area contributed by atoms with E-state index in [0.717, 1.165) is 37.6 Å². The van der Waals surface area contributed by atoms with E-state index in [1.165, 1.54) is 12.3 Å². The number of aromatic nitrogens is 1. The van der Waals surface area contributed by atoms with Crippen LogP contribution in [0.15, 0.2) is 35.4 Å². The lowest BCUT2D eigenvalue weighted by atomic mass is 9.77. The molecule has 11 heteroatoms. The first kappa shape index (κ1) is 24.9. The van der Waals surface area contributed by atoms with Crippen LogP contribution in [0.1, 0.15) is 35.2 Å². The Labute approximate surface area is 210 Å². The molecule has 0 saturated carbocycles. The van der Waals surface area contributed by atoms with Gasteiger partial charge in [-0.3, -0.25) is 4.79 Å². The topological polar surface area (TPSA) is 98.6 Å². The maximum atomic E-state index is 14.1. The standard InChI is InChI=1S/C25H31F2N5O3S/c1-17-20(32-13-24(14-32)15-35-16-24)12-29-22(31-9-4-7-25(26,27)8-10-31)21(17)23(33)30-18-5-3-6-19(11-18)36(2,28)34/h3,5-6,11-12,28H,4,7-10,13-16H2,1-2H3,(H,30,33)/t36-/m0/s1. The molecule has 1 amide bonds. The van der Waals surface area contributed by atoms with Gasteiger partial charge in [0.2, 0.25) is 5.92 Å². The molecule has 2 aromatic rings. The fraction of sp³-hybridized carbons (Fsp3) is 0.520. The van der Waals surface area contributed by atoms with Gasteiger partial charge in [0.1, 0.15) is 5.82 Å². The molecule has 1 aromatic heterocycles. The van der Waals surface area contributed by atoms with Crippen molar-refractivity contribution in [2.75, 3.05) is 60.8 Å². The van der Waals surface area contributed by atoms with E-state index in [1.807, 2.05) is 6.92 Å². The molecule has 5 rings (SSSR count). The molecule has 2 N–H and O–H groups in total. The zero-order chi connectivity index (χ0) is 25.7. The Morgan fingerprint density at radius 2 is 1.94 bits per heavy atom. The first-order chi connectivity index (χ1) is 17.0. The lowest BCUT2D eigenvalue weighted by molar-refractivity contribution is -0.127. The molecule has 1 atom stereocenters. The number of pyridine rings is 1. The Hall–Kier alpha value is -2.79. The van der Waals surface area contributed by atoms with Crippen LogP contribution in [0.3, 0.4) is 0 Å². The van der Waals surface area contributed by atoms with Crippen molar-refractivity contribution in [2.24, 2.45) is 5.41 Å². The molecule has 0 radical (unpaired) electrons. The summed E-state index contributed by atoms with van der Waals surface area (Å²) in [5, 5.41) is 2.86. The molecule has 1 spiro atoms. The third kappa shape index (κ3) is 4.78. The smallest absolute Gasteiger partial charge is 0.259 e. The summed E-state index contributed by atoms with van der Waals surface area (Å²) in [5.41, 5.74) is 2.51. The number of alkyl halides is 2. The highest BCUT2D eigenvalue weighted by Gasteiger charge is 2.49. The number of benzene rings is 1. The van der Waals surface area contributed by atoms with Gasteiger partial charge in [-0.25, -0.2) is 22.8 Å². The Bertz CT molecular complexity index is 1290. The van der Waals surface area contributed by atoms with E-state index in [1.54, 1.807) is 29.3 Å². The van der Waals surface area contributed by atoms with E-state index in [4.69, 9.17) is 9.52 Å². The molecule has 4 heterocycles. The summed E-state index contributed by atoms with van der Waals surface area (Å²) in [5.74, 6) is -2.75. The number of hydrogen-bond acceptors (Lipinski definition) is 7. The van der Waals surface area contributed by atoms with Crippen molar-refractivity contribution in [2.45, 2.75) is 37.0 Å². The minimum Gasteiger partial charge on any atom is -0.380 e. The first-order valence-electron chi connectivity index (χ1n) is 12.1. The van der Waals surface area contributed by atoms with Crippen LogP contribution in [-0.4, -0.2) is 66.7 Å². The molecule has 1 aromatic carbocycles. The van der Waals surface area contributed by atoms with Crippen molar-refractivity contribution in [3.8, 4) is 0 Å². The van der Waals surface area contributed by atoms with Gasteiger partial charge in [-0.05, 0) is 37.1 Å². The van der Waals surface area contributed by atoms with Gasteiger partial charge < -0.3 is 19.9 Å². The van der Waals surface area contributed by atoms with Crippen LogP contribution in [0.2, 0.25) is 0 Å². The largest absolute Gasteiger partial charge is 0.380 e. The van der Waals surface area contributed by atoms with E-state index in [0.29, 0.717) is 34.9 Å². The van der Waals surface area contributed by atoms with Crippen molar-refractivity contribution in [1.29, 1.82) is 4.78 Å². The third-order valence-electron chi connectivity index (χ3n) is 7.29. The van der Waals surface area contributed by atoms with Gasteiger partial charge in [-0.2, -0.15) is 0 Å². The van der Waals surface area contributed by atoms with E-state index in [-0.39, 0.29) is 24.8 Å². The Balaban J connectivity index is 1.49. The molecule has 8 nitrogen and oxygen atoms in total. The van der Waals surface area contributed by atoms with Gasteiger partial charge in [0, 0.05) is 55.9 Å². The summed E-state index contributed by atoms with van der Waals surface area (Å²) in [6.07, 6.45) is 2.90. The summed E-state index contributed by atoms with van der Waals surface area (Å²) in [7, 11) is -2.96. The molecule has 3 fully saturated rings. The van der Waals surface area contributed by atoms with Gasteiger partial charge in [0.25, 0.3) is 5.91 Å². The SMILES string of the molecule is Cc1c(N2CC3(COC3)C2)cnc(N2CCCC(F)(F)CC2)c1C(=O)Nc1cccc([S@@](C)(=N)=O)c1. The van der Waals surface area contributed by atoms with Crippen molar-refractivity contribution >= 4 is 32.8 Å². The van der Waals surface area contributed by atoms with Crippen LogP contribution in [0.4, 0.5) is 26.0 Å². The molecule has 194 valence electrons. The van der Waals surface area contributed by atoms with Gasteiger partial charge in [-0.1, -0.05) is 6.07 Å². The number of amides is 1. The zero-order valence-electron chi connectivity index (χ0n) is 20.5. The summed E-state index contributed by atoms with van der Waals surface area (Å²) in [6, 6.07) is 6.43. The first-order valence-corrected chi connectivity index (χ1v) is 14.0. The number of nitrogens with one attached hydrogen (secondary N) is 2. The number of carbonyl (C=O) groups excluding carboxylic acids is 1. The second-order valence-electron chi connectivity index (χ2n) is 10.3. The fourth-order valence-corrected chi connectivity index (χ4v) is 5.89. The predicted molar refractivity (Wildman–Crippen MR) is 135 cm³/mol. The number of nitrogens with zero attached hydrogens (tertiary/aromatic N) is 3. The summed E-state index contributed by atoms with van der Waals surface area (Å²) >= 11 is 0. The lowest BCUT2D eigenvalue weighted by Gasteiger charge is -2.56. The highest BCUT2D eigenvalue weighted by molar-refractivity contribution is 7.91. The Kier molecular flexibility index (Phi) is 6.19.